The summed E-state index contributed by atoms with van der Waals surface area (Å²) in [5.74, 6) is -3.55. The Morgan fingerprint density at radius 2 is 1.81 bits per heavy atom. The molecule has 1 N–H and O–H groups in total. The number of unbranched alkanes of at least 4 members (excludes halogenated alkanes) is 2. The average Bonchev–Trinajstić information content (AvgIpc) is 2.86. The van der Waals surface area contributed by atoms with E-state index in [1.165, 1.54) is 18.2 Å². The van der Waals surface area contributed by atoms with Crippen molar-refractivity contribution in [1.82, 2.24) is 5.06 Å². The summed E-state index contributed by atoms with van der Waals surface area (Å²) < 4.78 is 29.0. The van der Waals surface area contributed by atoms with Gasteiger partial charge in [0.25, 0.3) is 5.92 Å². The van der Waals surface area contributed by atoms with Gasteiger partial charge < -0.3 is 4.79 Å². The molecule has 6 heteroatoms. The molecule has 2 aromatic rings. The van der Waals surface area contributed by atoms with Crippen molar-refractivity contribution >= 4 is 12.2 Å². The minimum Gasteiger partial charge on any atom is -0.303 e. The molecule has 0 spiro atoms. The molecular weight excluding hydrogens is 340 g/mol. The summed E-state index contributed by atoms with van der Waals surface area (Å²) in [6.07, 6.45) is 2.22. The third kappa shape index (κ3) is 3.37. The van der Waals surface area contributed by atoms with Crippen LogP contribution in [0.5, 0.6) is 0 Å². The predicted molar refractivity (Wildman–Crippen MR) is 92.0 cm³/mol. The van der Waals surface area contributed by atoms with E-state index < -0.39 is 11.8 Å². The molecule has 0 aromatic heterocycles. The second-order valence-corrected chi connectivity index (χ2v) is 6.36. The molecule has 0 fully saturated rings. The van der Waals surface area contributed by atoms with Crippen molar-refractivity contribution in [2.45, 2.75) is 31.6 Å². The van der Waals surface area contributed by atoms with Gasteiger partial charge in [0, 0.05) is 24.1 Å². The lowest BCUT2D eigenvalue weighted by molar-refractivity contribution is -0.164. The zero-order valence-electron chi connectivity index (χ0n) is 14.1. The molecule has 0 unspecified atom stereocenters. The standard InChI is InChI=1S/C20H19F2NO3/c21-20(22)17-7-3-2-6-15(17)16-12-14(8-9-18(16)20)13-19(25)23(26)10-4-1-5-11-24/h2-3,6-9,11-12,26H,1,4-5,10,13H2. The molecule has 1 aliphatic carbocycles. The number of hydrogen-bond acceptors (Lipinski definition) is 3. The molecule has 0 saturated heterocycles. The number of halogens is 2. The summed E-state index contributed by atoms with van der Waals surface area (Å²) in [4.78, 5) is 22.4. The van der Waals surface area contributed by atoms with E-state index in [1.54, 1.807) is 24.3 Å². The number of amides is 1. The van der Waals surface area contributed by atoms with Crippen molar-refractivity contribution in [2.24, 2.45) is 0 Å². The average molecular weight is 359 g/mol. The SMILES string of the molecule is O=CCCCCN(O)C(=O)Cc1ccc2c(c1)-c1ccccc1C2(F)F. The van der Waals surface area contributed by atoms with Crippen LogP contribution in [0.2, 0.25) is 0 Å². The zero-order valence-corrected chi connectivity index (χ0v) is 14.1. The monoisotopic (exact) mass is 359 g/mol. The summed E-state index contributed by atoms with van der Waals surface area (Å²) in [5, 5.41) is 10.4. The second-order valence-electron chi connectivity index (χ2n) is 6.36. The van der Waals surface area contributed by atoms with Gasteiger partial charge in [0.1, 0.15) is 6.29 Å². The summed E-state index contributed by atoms with van der Waals surface area (Å²) >= 11 is 0. The molecule has 3 rings (SSSR count). The van der Waals surface area contributed by atoms with Gasteiger partial charge in [-0.3, -0.25) is 10.0 Å². The van der Waals surface area contributed by atoms with E-state index in [1.807, 2.05) is 0 Å². The van der Waals surface area contributed by atoms with Crippen molar-refractivity contribution in [2.75, 3.05) is 6.54 Å². The quantitative estimate of drug-likeness (QED) is 0.353. The van der Waals surface area contributed by atoms with E-state index in [0.29, 0.717) is 41.0 Å². The van der Waals surface area contributed by atoms with Crippen molar-refractivity contribution in [3.63, 3.8) is 0 Å². The first-order valence-electron chi connectivity index (χ1n) is 8.49. The molecular formula is C20H19F2NO3. The number of hydrogen-bond donors (Lipinski definition) is 1. The maximum Gasteiger partial charge on any atom is 0.299 e. The highest BCUT2D eigenvalue weighted by atomic mass is 19.3. The van der Waals surface area contributed by atoms with Crippen LogP contribution >= 0.6 is 0 Å². The van der Waals surface area contributed by atoms with Crippen LogP contribution in [-0.2, 0) is 21.9 Å². The fourth-order valence-corrected chi connectivity index (χ4v) is 3.21. The summed E-state index contributed by atoms with van der Waals surface area (Å²) in [6, 6.07) is 10.8. The Kier molecular flexibility index (Phi) is 5.13. The maximum absolute atomic E-state index is 14.5. The maximum atomic E-state index is 14.5. The zero-order chi connectivity index (χ0) is 18.7. The number of carbonyl (C=O) groups excluding carboxylic acids is 2. The molecule has 1 amide bonds. The first-order valence-corrected chi connectivity index (χ1v) is 8.49. The van der Waals surface area contributed by atoms with Crippen LogP contribution in [0.1, 0.15) is 36.0 Å². The van der Waals surface area contributed by atoms with Crippen LogP contribution in [0, 0.1) is 0 Å². The smallest absolute Gasteiger partial charge is 0.299 e. The van der Waals surface area contributed by atoms with Gasteiger partial charge in [0.15, 0.2) is 0 Å². The van der Waals surface area contributed by atoms with Gasteiger partial charge in [-0.2, -0.15) is 8.78 Å². The number of alkyl halides is 2. The lowest BCUT2D eigenvalue weighted by Gasteiger charge is -2.15. The molecule has 2 aromatic carbocycles. The second kappa shape index (κ2) is 7.33. The number of rotatable bonds is 7. The molecule has 0 radical (unpaired) electrons. The Labute approximate surface area is 150 Å². The minimum absolute atomic E-state index is 0.0301. The molecule has 0 saturated carbocycles. The molecule has 136 valence electrons. The molecule has 0 bridgehead atoms. The van der Waals surface area contributed by atoms with E-state index in [2.05, 4.69) is 0 Å². The fraction of sp³-hybridized carbons (Fsp3) is 0.300. The lowest BCUT2D eigenvalue weighted by atomic mass is 10.0. The number of aldehydes is 1. The molecule has 0 heterocycles. The Bertz CT molecular complexity index is 836. The fourth-order valence-electron chi connectivity index (χ4n) is 3.21. The molecule has 0 aliphatic heterocycles. The highest BCUT2D eigenvalue weighted by Gasteiger charge is 2.44. The molecule has 1 aliphatic rings. The Hall–Kier alpha value is -2.60. The van der Waals surface area contributed by atoms with Crippen molar-refractivity contribution in [3.05, 3.63) is 59.2 Å². The Morgan fingerprint density at radius 1 is 1.08 bits per heavy atom. The highest BCUT2D eigenvalue weighted by Crippen LogP contribution is 2.50. The van der Waals surface area contributed by atoms with Gasteiger partial charge in [-0.15, -0.1) is 0 Å². The minimum atomic E-state index is -3.05. The Morgan fingerprint density at radius 3 is 2.58 bits per heavy atom. The van der Waals surface area contributed by atoms with Crippen molar-refractivity contribution < 1.29 is 23.6 Å². The number of nitrogens with zero attached hydrogens (tertiary/aromatic N) is 1. The van der Waals surface area contributed by atoms with E-state index in [4.69, 9.17) is 0 Å². The van der Waals surface area contributed by atoms with Crippen LogP contribution in [0.4, 0.5) is 8.78 Å². The van der Waals surface area contributed by atoms with Gasteiger partial charge >= 0.3 is 0 Å². The van der Waals surface area contributed by atoms with Crippen LogP contribution in [0.15, 0.2) is 42.5 Å². The largest absolute Gasteiger partial charge is 0.303 e. The molecule has 26 heavy (non-hydrogen) atoms. The predicted octanol–water partition coefficient (Wildman–Crippen LogP) is 3.94. The molecule has 4 nitrogen and oxygen atoms in total. The summed E-state index contributed by atoms with van der Waals surface area (Å²) in [6.45, 7) is 0.137. The van der Waals surface area contributed by atoms with E-state index in [-0.39, 0.29) is 24.1 Å². The van der Waals surface area contributed by atoms with Gasteiger partial charge in [-0.25, -0.2) is 5.06 Å². The first kappa shape index (κ1) is 18.2. The van der Waals surface area contributed by atoms with Crippen LogP contribution in [0.25, 0.3) is 11.1 Å². The van der Waals surface area contributed by atoms with Crippen molar-refractivity contribution in [1.29, 1.82) is 0 Å². The van der Waals surface area contributed by atoms with Crippen molar-refractivity contribution in [3.8, 4) is 11.1 Å². The number of benzene rings is 2. The van der Waals surface area contributed by atoms with Crippen LogP contribution in [0.3, 0.4) is 0 Å². The van der Waals surface area contributed by atoms with E-state index >= 15 is 0 Å². The lowest BCUT2D eigenvalue weighted by Crippen LogP contribution is -2.29. The first-order chi connectivity index (χ1) is 12.4. The van der Waals surface area contributed by atoms with Gasteiger partial charge in [-0.1, -0.05) is 42.5 Å². The summed E-state index contributed by atoms with van der Waals surface area (Å²) in [7, 11) is 0. The number of carbonyl (C=O) groups is 2. The highest BCUT2D eigenvalue weighted by molar-refractivity contribution is 5.82. The summed E-state index contributed by atoms with van der Waals surface area (Å²) in [5.41, 5.74) is 1.36. The van der Waals surface area contributed by atoms with Gasteiger partial charge in [0.2, 0.25) is 5.91 Å². The van der Waals surface area contributed by atoms with Crippen LogP contribution < -0.4 is 0 Å². The van der Waals surface area contributed by atoms with Gasteiger partial charge in [0.05, 0.1) is 6.42 Å². The van der Waals surface area contributed by atoms with Crippen LogP contribution in [-0.4, -0.2) is 29.0 Å². The van der Waals surface area contributed by atoms with Gasteiger partial charge in [-0.05, 0) is 29.5 Å². The third-order valence-corrected chi connectivity index (χ3v) is 4.56. The number of fused-ring (bicyclic) bond motifs is 3. The normalized spacial score (nSPS) is 13.8. The topological polar surface area (TPSA) is 57.6 Å². The van der Waals surface area contributed by atoms with E-state index in [9.17, 15) is 23.6 Å². The number of hydroxylamine groups is 2. The van der Waals surface area contributed by atoms with E-state index in [0.717, 1.165) is 6.29 Å². The third-order valence-electron chi connectivity index (χ3n) is 4.56. The molecule has 0 atom stereocenters. The Balaban J connectivity index is 1.75.